The maximum absolute atomic E-state index is 13.8. The van der Waals surface area contributed by atoms with E-state index < -0.39 is 23.8 Å². The van der Waals surface area contributed by atoms with Gasteiger partial charge in [-0.15, -0.1) is 0 Å². The quantitative estimate of drug-likeness (QED) is 0.622. The van der Waals surface area contributed by atoms with E-state index in [0.717, 1.165) is 44.5 Å². The van der Waals surface area contributed by atoms with E-state index in [4.69, 9.17) is 4.99 Å². The van der Waals surface area contributed by atoms with E-state index in [1.54, 1.807) is 18.9 Å². The molecule has 2 aliphatic heterocycles. The summed E-state index contributed by atoms with van der Waals surface area (Å²) in [4.78, 5) is 24.3. The highest BCUT2D eigenvalue weighted by Crippen LogP contribution is 2.43. The van der Waals surface area contributed by atoms with Crippen molar-refractivity contribution in [3.63, 3.8) is 0 Å². The molecule has 180 valence electrons. The number of hydrogen-bond acceptors (Lipinski definition) is 6. The van der Waals surface area contributed by atoms with Crippen LogP contribution in [-0.2, 0) is 6.18 Å². The van der Waals surface area contributed by atoms with Crippen LogP contribution in [0.2, 0.25) is 0 Å². The molecular weight excluding hydrogens is 447 g/mol. The van der Waals surface area contributed by atoms with Crippen LogP contribution in [0.4, 0.5) is 24.7 Å². The summed E-state index contributed by atoms with van der Waals surface area (Å²) in [6, 6.07) is 4.29. The summed E-state index contributed by atoms with van der Waals surface area (Å²) < 4.78 is 41.4. The number of nitrogens with one attached hydrogen (secondary N) is 1. The Hall–Kier alpha value is -3.56. The SMILES string of the molecule is C=C1c2cc(C(F)(F)F)cc([C@@H](C)Nc3ncccc3C(=O)O)c2N=C(N2CCCCC2)N1C. The lowest BCUT2D eigenvalue weighted by atomic mass is 9.95. The molecule has 0 bridgehead atoms. The summed E-state index contributed by atoms with van der Waals surface area (Å²) in [5, 5.41) is 12.4. The predicted octanol–water partition coefficient (Wildman–Crippen LogP) is 5.36. The molecule has 0 amide bonds. The first-order valence-corrected chi connectivity index (χ1v) is 11.0. The number of anilines is 1. The summed E-state index contributed by atoms with van der Waals surface area (Å²) in [6.45, 7) is 7.35. The van der Waals surface area contributed by atoms with E-state index in [0.29, 0.717) is 22.9 Å². The number of fused-ring (bicyclic) bond motifs is 1. The molecule has 7 nitrogen and oxygen atoms in total. The Balaban J connectivity index is 1.84. The van der Waals surface area contributed by atoms with Gasteiger partial charge in [0.1, 0.15) is 11.4 Å². The number of benzene rings is 1. The monoisotopic (exact) mass is 473 g/mol. The Labute approximate surface area is 195 Å². The maximum Gasteiger partial charge on any atom is 0.416 e. The molecule has 0 unspecified atom stereocenters. The number of nitrogens with zero attached hydrogens (tertiary/aromatic N) is 4. The molecule has 1 aromatic carbocycles. The number of aliphatic imine (C=N–C) groups is 1. The van der Waals surface area contributed by atoms with Crippen LogP contribution in [-0.4, -0.2) is 52.0 Å². The summed E-state index contributed by atoms with van der Waals surface area (Å²) in [5.41, 5.74) is 0.507. The minimum Gasteiger partial charge on any atom is -0.478 e. The zero-order valence-electron chi connectivity index (χ0n) is 19.0. The summed E-state index contributed by atoms with van der Waals surface area (Å²) in [7, 11) is 1.76. The Morgan fingerprint density at radius 3 is 2.59 bits per heavy atom. The van der Waals surface area contributed by atoms with Gasteiger partial charge in [-0.2, -0.15) is 13.2 Å². The summed E-state index contributed by atoms with van der Waals surface area (Å²) in [5.74, 6) is -0.468. The summed E-state index contributed by atoms with van der Waals surface area (Å²) >= 11 is 0. The Morgan fingerprint density at radius 2 is 1.94 bits per heavy atom. The molecule has 2 aliphatic rings. The first-order valence-electron chi connectivity index (χ1n) is 11.0. The van der Waals surface area contributed by atoms with Crippen molar-refractivity contribution < 1.29 is 23.1 Å². The minimum atomic E-state index is -4.57. The van der Waals surface area contributed by atoms with Gasteiger partial charge in [0.15, 0.2) is 0 Å². The van der Waals surface area contributed by atoms with E-state index in [1.165, 1.54) is 18.3 Å². The second-order valence-electron chi connectivity index (χ2n) is 8.50. The Bertz CT molecular complexity index is 1160. The number of aromatic carboxylic acids is 1. The highest BCUT2D eigenvalue weighted by atomic mass is 19.4. The number of piperidine rings is 1. The van der Waals surface area contributed by atoms with E-state index in [2.05, 4.69) is 21.8 Å². The summed E-state index contributed by atoms with van der Waals surface area (Å²) in [6.07, 6.45) is 0.00837. The zero-order valence-corrected chi connectivity index (χ0v) is 19.0. The van der Waals surface area contributed by atoms with Crippen LogP contribution in [0.1, 0.15) is 59.3 Å². The number of carboxylic acid groups (broad SMARTS) is 1. The number of alkyl halides is 3. The van der Waals surface area contributed by atoms with Crippen molar-refractivity contribution in [1.82, 2.24) is 14.8 Å². The van der Waals surface area contributed by atoms with Crippen molar-refractivity contribution in [3.05, 3.63) is 59.3 Å². The van der Waals surface area contributed by atoms with E-state index in [-0.39, 0.29) is 16.9 Å². The van der Waals surface area contributed by atoms with Gasteiger partial charge in [0, 0.05) is 43.2 Å². The smallest absolute Gasteiger partial charge is 0.416 e. The standard InChI is InChI=1S/C24H26F3N5O2/c1-14(29-21-17(22(33)34)8-7-9-28-21)18-12-16(24(25,26)27)13-19-15(2)31(3)23(30-20(18)19)32-10-5-4-6-11-32/h7-9,12-14H,2,4-6,10-11H2,1,3H3,(H,28,29)(H,33,34)/t14-/m1/s1. The molecule has 0 aliphatic carbocycles. The first kappa shape index (κ1) is 23.6. The molecule has 2 N–H and O–H groups in total. The lowest BCUT2D eigenvalue weighted by Crippen LogP contribution is -2.45. The third-order valence-electron chi connectivity index (χ3n) is 6.19. The number of aromatic nitrogens is 1. The van der Waals surface area contributed by atoms with Crippen LogP contribution < -0.4 is 5.32 Å². The van der Waals surface area contributed by atoms with Crippen LogP contribution >= 0.6 is 0 Å². The number of hydrogen-bond donors (Lipinski definition) is 2. The number of rotatable bonds is 4. The molecule has 0 spiro atoms. The molecule has 10 heteroatoms. The largest absolute Gasteiger partial charge is 0.478 e. The van der Waals surface area contributed by atoms with Gasteiger partial charge in [-0.1, -0.05) is 6.58 Å². The van der Waals surface area contributed by atoms with Crippen molar-refractivity contribution in [2.75, 3.05) is 25.5 Å². The lowest BCUT2D eigenvalue weighted by molar-refractivity contribution is -0.137. The molecule has 1 aromatic heterocycles. The molecule has 0 saturated carbocycles. The highest BCUT2D eigenvalue weighted by Gasteiger charge is 2.36. The molecule has 1 fully saturated rings. The molecule has 34 heavy (non-hydrogen) atoms. The number of carboxylic acids is 1. The second-order valence-corrected chi connectivity index (χ2v) is 8.50. The predicted molar refractivity (Wildman–Crippen MR) is 124 cm³/mol. The van der Waals surface area contributed by atoms with Gasteiger partial charge in [0.25, 0.3) is 0 Å². The van der Waals surface area contributed by atoms with Crippen molar-refractivity contribution >= 4 is 29.1 Å². The van der Waals surface area contributed by atoms with Crippen molar-refractivity contribution in [2.24, 2.45) is 4.99 Å². The topological polar surface area (TPSA) is 81.1 Å². The third kappa shape index (κ3) is 4.44. The molecular formula is C24H26F3N5O2. The number of carbonyl (C=O) groups is 1. The number of pyridine rings is 1. The van der Waals surface area contributed by atoms with E-state index >= 15 is 0 Å². The van der Waals surface area contributed by atoms with Crippen molar-refractivity contribution in [2.45, 2.75) is 38.4 Å². The highest BCUT2D eigenvalue weighted by molar-refractivity contribution is 5.97. The number of guanidine groups is 1. The van der Waals surface area contributed by atoms with E-state index in [1.807, 2.05) is 0 Å². The van der Waals surface area contributed by atoms with Crippen LogP contribution in [0.25, 0.3) is 5.70 Å². The average molecular weight is 473 g/mol. The van der Waals surface area contributed by atoms with E-state index in [9.17, 15) is 23.1 Å². The lowest BCUT2D eigenvalue weighted by Gasteiger charge is -2.38. The van der Waals surface area contributed by atoms with Crippen molar-refractivity contribution in [1.29, 1.82) is 0 Å². The van der Waals surface area contributed by atoms with Crippen LogP contribution in [0, 0.1) is 0 Å². The minimum absolute atomic E-state index is 0.0700. The van der Waals surface area contributed by atoms with Gasteiger partial charge >= 0.3 is 12.1 Å². The number of likely N-dealkylation sites (tertiary alicyclic amines) is 1. The first-order chi connectivity index (χ1) is 16.1. The average Bonchev–Trinajstić information content (AvgIpc) is 2.80. The third-order valence-corrected chi connectivity index (χ3v) is 6.19. The second kappa shape index (κ2) is 9.00. The fourth-order valence-electron chi connectivity index (χ4n) is 4.32. The molecule has 4 rings (SSSR count). The van der Waals surface area contributed by atoms with Gasteiger partial charge in [-0.05, 0) is 50.5 Å². The van der Waals surface area contributed by atoms with Gasteiger partial charge in [-0.25, -0.2) is 14.8 Å². The zero-order chi connectivity index (χ0) is 24.6. The Kier molecular flexibility index (Phi) is 6.24. The van der Waals surface area contributed by atoms with Crippen molar-refractivity contribution in [3.8, 4) is 0 Å². The normalized spacial score (nSPS) is 17.2. The van der Waals surface area contributed by atoms with Gasteiger partial charge in [0.2, 0.25) is 5.96 Å². The number of halogens is 3. The van der Waals surface area contributed by atoms with Gasteiger partial charge in [0.05, 0.1) is 17.3 Å². The van der Waals surface area contributed by atoms with Gasteiger partial charge < -0.3 is 20.2 Å². The molecule has 2 aromatic rings. The molecule has 3 heterocycles. The Morgan fingerprint density at radius 1 is 1.24 bits per heavy atom. The van der Waals surface area contributed by atoms with Crippen LogP contribution in [0.15, 0.2) is 42.0 Å². The molecule has 1 saturated heterocycles. The molecule has 1 atom stereocenters. The fourth-order valence-corrected chi connectivity index (χ4v) is 4.32. The molecule has 0 radical (unpaired) electrons. The van der Waals surface area contributed by atoms with Gasteiger partial charge in [-0.3, -0.25) is 0 Å². The maximum atomic E-state index is 13.8. The van der Waals surface area contributed by atoms with Crippen LogP contribution in [0.5, 0.6) is 0 Å². The van der Waals surface area contributed by atoms with Crippen LogP contribution in [0.3, 0.4) is 0 Å². The fraction of sp³-hybridized carbons (Fsp3) is 0.375.